The van der Waals surface area contributed by atoms with Gasteiger partial charge in [0.15, 0.2) is 0 Å². The summed E-state index contributed by atoms with van der Waals surface area (Å²) in [6.45, 7) is 4.33. The fourth-order valence-electron chi connectivity index (χ4n) is 3.15. The van der Waals surface area contributed by atoms with Crippen LogP contribution in [0.2, 0.25) is 0 Å². The van der Waals surface area contributed by atoms with Gasteiger partial charge in [-0.2, -0.15) is 0 Å². The number of benzene rings is 1. The van der Waals surface area contributed by atoms with Gasteiger partial charge in [-0.05, 0) is 43.6 Å². The Labute approximate surface area is 131 Å². The highest BCUT2D eigenvalue weighted by Gasteiger charge is 2.31. The number of hydrogen-bond donors (Lipinski definition) is 1. The Balaban J connectivity index is 1.86. The molecule has 0 aliphatic heterocycles. The fourth-order valence-corrected chi connectivity index (χ4v) is 4.58. The first kappa shape index (κ1) is 14.7. The summed E-state index contributed by atoms with van der Waals surface area (Å²) in [5.74, 6) is 0.641. The van der Waals surface area contributed by atoms with Crippen molar-refractivity contribution in [1.29, 1.82) is 0 Å². The van der Waals surface area contributed by atoms with E-state index in [0.717, 1.165) is 30.7 Å². The first-order valence-corrected chi connectivity index (χ1v) is 8.80. The van der Waals surface area contributed by atoms with Gasteiger partial charge in [-0.15, -0.1) is 11.3 Å². The molecular weight excluding hydrogens is 276 g/mol. The van der Waals surface area contributed by atoms with E-state index in [4.69, 9.17) is 10.7 Å². The van der Waals surface area contributed by atoms with Crippen molar-refractivity contribution in [2.45, 2.75) is 57.4 Å². The normalized spacial score (nSPS) is 18.5. The molecule has 1 aromatic carbocycles. The Morgan fingerprint density at radius 3 is 2.62 bits per heavy atom. The first-order chi connectivity index (χ1) is 10.2. The maximum atomic E-state index is 6.52. The quantitative estimate of drug-likeness (QED) is 0.909. The Morgan fingerprint density at radius 1 is 1.24 bits per heavy atom. The third kappa shape index (κ3) is 2.77. The molecule has 0 saturated heterocycles. The van der Waals surface area contributed by atoms with Crippen molar-refractivity contribution in [3.05, 3.63) is 51.5 Å². The van der Waals surface area contributed by atoms with Gasteiger partial charge in [-0.3, -0.25) is 0 Å². The van der Waals surface area contributed by atoms with Crippen molar-refractivity contribution in [3.8, 4) is 0 Å². The molecule has 0 saturated carbocycles. The summed E-state index contributed by atoms with van der Waals surface area (Å²) in [5, 5.41) is 1.14. The van der Waals surface area contributed by atoms with Crippen LogP contribution in [0.3, 0.4) is 0 Å². The largest absolute Gasteiger partial charge is 0.319 e. The van der Waals surface area contributed by atoms with Gasteiger partial charge >= 0.3 is 0 Å². The molecule has 0 fully saturated rings. The smallest absolute Gasteiger partial charge is 0.113 e. The lowest BCUT2D eigenvalue weighted by Crippen LogP contribution is -2.34. The highest BCUT2D eigenvalue weighted by Crippen LogP contribution is 2.38. The monoisotopic (exact) mass is 300 g/mol. The van der Waals surface area contributed by atoms with E-state index >= 15 is 0 Å². The Kier molecular flexibility index (Phi) is 4.14. The maximum absolute atomic E-state index is 6.52. The van der Waals surface area contributed by atoms with Crippen molar-refractivity contribution in [2.24, 2.45) is 5.73 Å². The Hall–Kier alpha value is -1.19. The molecule has 3 heteroatoms. The number of thiazole rings is 1. The fraction of sp³-hybridized carbons (Fsp3) is 0.500. The maximum Gasteiger partial charge on any atom is 0.113 e. The van der Waals surface area contributed by atoms with Gasteiger partial charge in [0.1, 0.15) is 5.01 Å². The van der Waals surface area contributed by atoms with Crippen LogP contribution in [0.5, 0.6) is 0 Å². The summed E-state index contributed by atoms with van der Waals surface area (Å²) in [6.07, 6.45) is 5.33. The number of hydrogen-bond acceptors (Lipinski definition) is 3. The van der Waals surface area contributed by atoms with Gasteiger partial charge in [0.2, 0.25) is 0 Å². The molecule has 21 heavy (non-hydrogen) atoms. The third-order valence-corrected chi connectivity index (χ3v) is 6.24. The summed E-state index contributed by atoms with van der Waals surface area (Å²) in [5.41, 5.74) is 9.06. The number of nitrogens with two attached hydrogens (primary N) is 1. The zero-order chi connectivity index (χ0) is 14.9. The van der Waals surface area contributed by atoms with E-state index in [1.54, 1.807) is 0 Å². The van der Waals surface area contributed by atoms with E-state index in [1.165, 1.54) is 22.6 Å². The average Bonchev–Trinajstić information content (AvgIpc) is 2.98. The van der Waals surface area contributed by atoms with E-state index in [-0.39, 0.29) is 5.54 Å². The SMILES string of the molecule is CCC(N)(CC)c1nc2c(s1)CC(c1ccccc1)CC2. The number of fused-ring (bicyclic) bond motifs is 1. The second kappa shape index (κ2) is 5.90. The van der Waals surface area contributed by atoms with Gasteiger partial charge in [0, 0.05) is 4.88 Å². The number of aromatic nitrogens is 1. The minimum absolute atomic E-state index is 0.232. The van der Waals surface area contributed by atoms with Crippen molar-refractivity contribution >= 4 is 11.3 Å². The molecule has 0 amide bonds. The molecule has 1 unspecified atom stereocenters. The molecule has 2 aromatic rings. The molecule has 1 atom stereocenters. The topological polar surface area (TPSA) is 38.9 Å². The Bertz CT molecular complexity index is 599. The van der Waals surface area contributed by atoms with Gasteiger partial charge < -0.3 is 5.73 Å². The lowest BCUT2D eigenvalue weighted by atomic mass is 9.85. The highest BCUT2D eigenvalue weighted by atomic mass is 32.1. The van der Waals surface area contributed by atoms with Crippen LogP contribution in [0.1, 0.15) is 60.2 Å². The highest BCUT2D eigenvalue weighted by molar-refractivity contribution is 7.11. The lowest BCUT2D eigenvalue weighted by molar-refractivity contribution is 0.409. The molecule has 1 aliphatic rings. The first-order valence-electron chi connectivity index (χ1n) is 7.99. The summed E-state index contributed by atoms with van der Waals surface area (Å²) >= 11 is 1.85. The van der Waals surface area contributed by atoms with Gasteiger partial charge in [-0.25, -0.2) is 4.98 Å². The van der Waals surface area contributed by atoms with E-state index in [9.17, 15) is 0 Å². The third-order valence-electron chi connectivity index (χ3n) is 4.90. The van der Waals surface area contributed by atoms with Gasteiger partial charge in [-0.1, -0.05) is 44.2 Å². The van der Waals surface area contributed by atoms with Crippen molar-refractivity contribution in [3.63, 3.8) is 0 Å². The van der Waals surface area contributed by atoms with Crippen LogP contribution in [0.25, 0.3) is 0 Å². The standard InChI is InChI=1S/C18H24N2S/c1-3-18(19,4-2)17-20-15-11-10-14(12-16(15)21-17)13-8-6-5-7-9-13/h5-9,14H,3-4,10-12,19H2,1-2H3. The average molecular weight is 300 g/mol. The Morgan fingerprint density at radius 2 is 1.95 bits per heavy atom. The van der Waals surface area contributed by atoms with Gasteiger partial charge in [0.25, 0.3) is 0 Å². The molecule has 1 heterocycles. The van der Waals surface area contributed by atoms with Crippen molar-refractivity contribution in [2.75, 3.05) is 0 Å². The second-order valence-electron chi connectivity index (χ2n) is 6.10. The molecule has 0 spiro atoms. The molecule has 3 rings (SSSR count). The van der Waals surface area contributed by atoms with Crippen LogP contribution in [-0.2, 0) is 18.4 Å². The van der Waals surface area contributed by atoms with Crippen molar-refractivity contribution in [1.82, 2.24) is 4.98 Å². The van der Waals surface area contributed by atoms with E-state index in [2.05, 4.69) is 44.2 Å². The molecule has 112 valence electrons. The second-order valence-corrected chi connectivity index (χ2v) is 7.19. The van der Waals surface area contributed by atoms with E-state index in [0.29, 0.717) is 5.92 Å². The summed E-state index contributed by atoms with van der Waals surface area (Å²) in [4.78, 5) is 6.35. The molecule has 2 nitrogen and oxygen atoms in total. The predicted molar refractivity (Wildman–Crippen MR) is 89.8 cm³/mol. The summed E-state index contributed by atoms with van der Waals surface area (Å²) in [7, 11) is 0. The molecule has 1 aliphatic carbocycles. The molecule has 0 radical (unpaired) electrons. The molecular formula is C18H24N2S. The van der Waals surface area contributed by atoms with E-state index in [1.807, 2.05) is 11.3 Å². The molecule has 0 bridgehead atoms. The van der Waals surface area contributed by atoms with E-state index < -0.39 is 0 Å². The summed E-state index contributed by atoms with van der Waals surface area (Å²) in [6, 6.07) is 10.9. The van der Waals surface area contributed by atoms with Crippen LogP contribution in [0.15, 0.2) is 30.3 Å². The lowest BCUT2D eigenvalue weighted by Gasteiger charge is -2.23. The van der Waals surface area contributed by atoms with Crippen LogP contribution in [0, 0.1) is 0 Å². The number of aryl methyl sites for hydroxylation is 1. The predicted octanol–water partition coefficient (Wildman–Crippen LogP) is 4.39. The minimum atomic E-state index is -0.232. The van der Waals surface area contributed by atoms with Crippen LogP contribution in [0.4, 0.5) is 0 Å². The van der Waals surface area contributed by atoms with Crippen molar-refractivity contribution < 1.29 is 0 Å². The number of rotatable bonds is 4. The minimum Gasteiger partial charge on any atom is -0.319 e. The van der Waals surface area contributed by atoms with Crippen LogP contribution in [-0.4, -0.2) is 4.98 Å². The molecule has 1 aromatic heterocycles. The molecule has 2 N–H and O–H groups in total. The summed E-state index contributed by atoms with van der Waals surface area (Å²) < 4.78 is 0. The van der Waals surface area contributed by atoms with Crippen LogP contribution < -0.4 is 5.73 Å². The number of nitrogens with zero attached hydrogens (tertiary/aromatic N) is 1. The van der Waals surface area contributed by atoms with Gasteiger partial charge in [0.05, 0.1) is 11.2 Å². The van der Waals surface area contributed by atoms with Crippen LogP contribution >= 0.6 is 11.3 Å². The zero-order valence-corrected chi connectivity index (χ0v) is 13.7. The zero-order valence-electron chi connectivity index (χ0n) is 12.9.